The van der Waals surface area contributed by atoms with Crippen LogP contribution in [-0.2, 0) is 4.79 Å². The summed E-state index contributed by atoms with van der Waals surface area (Å²) in [7, 11) is 0. The number of carbonyl (C=O) groups is 1. The Bertz CT molecular complexity index is 294. The molecule has 0 spiro atoms. The van der Waals surface area contributed by atoms with Crippen molar-refractivity contribution in [3.8, 4) is 0 Å². The maximum absolute atomic E-state index is 12.2. The van der Waals surface area contributed by atoms with Gasteiger partial charge in [0.2, 0.25) is 0 Å². The van der Waals surface area contributed by atoms with E-state index in [2.05, 4.69) is 27.7 Å². The van der Waals surface area contributed by atoms with E-state index in [0.717, 1.165) is 31.1 Å². The van der Waals surface area contributed by atoms with Crippen molar-refractivity contribution >= 4 is 5.78 Å². The molecule has 0 saturated heterocycles. The fourth-order valence-corrected chi connectivity index (χ4v) is 4.02. The topological polar surface area (TPSA) is 17.1 Å². The molecule has 2 rings (SSSR count). The van der Waals surface area contributed by atoms with E-state index < -0.39 is 0 Å². The second-order valence-electron chi connectivity index (χ2n) is 6.92. The van der Waals surface area contributed by atoms with Gasteiger partial charge in [-0.15, -0.1) is 0 Å². The van der Waals surface area contributed by atoms with E-state index in [-0.39, 0.29) is 10.8 Å². The summed E-state index contributed by atoms with van der Waals surface area (Å²) in [6, 6.07) is 0. The standard InChI is InChI=1S/C15H26O/c1-11(2)12-7-9-15(4)13(16)6-5-8-14(15,3)10-12/h11-12H,5-10H2,1-4H3/t12-,14+,15+/m1/s1. The molecule has 2 saturated carbocycles. The lowest BCUT2D eigenvalue weighted by Gasteiger charge is -2.55. The Hall–Kier alpha value is -0.330. The van der Waals surface area contributed by atoms with E-state index in [9.17, 15) is 4.79 Å². The zero-order chi connectivity index (χ0) is 12.0. The van der Waals surface area contributed by atoms with Gasteiger partial charge in [-0.3, -0.25) is 4.79 Å². The summed E-state index contributed by atoms with van der Waals surface area (Å²) < 4.78 is 0. The molecule has 0 aromatic heterocycles. The van der Waals surface area contributed by atoms with Crippen LogP contribution in [0.2, 0.25) is 0 Å². The molecule has 2 fully saturated rings. The highest BCUT2D eigenvalue weighted by atomic mass is 16.1. The molecule has 0 aromatic rings. The monoisotopic (exact) mass is 222 g/mol. The van der Waals surface area contributed by atoms with Gasteiger partial charge in [0.25, 0.3) is 0 Å². The molecular weight excluding hydrogens is 196 g/mol. The first-order valence-electron chi connectivity index (χ1n) is 6.92. The minimum Gasteiger partial charge on any atom is -0.299 e. The molecule has 92 valence electrons. The lowest BCUT2D eigenvalue weighted by atomic mass is 9.48. The van der Waals surface area contributed by atoms with Gasteiger partial charge in [0.1, 0.15) is 5.78 Å². The van der Waals surface area contributed by atoms with Crippen LogP contribution in [0, 0.1) is 22.7 Å². The third-order valence-corrected chi connectivity index (χ3v) is 5.75. The van der Waals surface area contributed by atoms with Crippen LogP contribution < -0.4 is 0 Å². The summed E-state index contributed by atoms with van der Waals surface area (Å²) in [6.07, 6.45) is 6.88. The molecular formula is C15H26O. The highest BCUT2D eigenvalue weighted by molar-refractivity contribution is 5.86. The summed E-state index contributed by atoms with van der Waals surface area (Å²) in [5, 5.41) is 0. The van der Waals surface area contributed by atoms with Crippen molar-refractivity contribution in [1.82, 2.24) is 0 Å². The van der Waals surface area contributed by atoms with Crippen LogP contribution in [-0.4, -0.2) is 5.78 Å². The zero-order valence-electron chi connectivity index (χ0n) is 11.3. The molecule has 0 amide bonds. The minimum absolute atomic E-state index is 0.00333. The largest absolute Gasteiger partial charge is 0.299 e. The Kier molecular flexibility index (Phi) is 2.92. The normalized spacial score (nSPS) is 44.6. The maximum Gasteiger partial charge on any atom is 0.139 e. The molecule has 2 aliphatic rings. The Morgan fingerprint density at radius 2 is 1.94 bits per heavy atom. The van der Waals surface area contributed by atoms with Crippen molar-refractivity contribution in [2.45, 2.75) is 66.2 Å². The predicted molar refractivity (Wildman–Crippen MR) is 67.3 cm³/mol. The van der Waals surface area contributed by atoms with Crippen molar-refractivity contribution < 1.29 is 4.79 Å². The summed E-state index contributed by atoms with van der Waals surface area (Å²) in [6.45, 7) is 9.28. The van der Waals surface area contributed by atoms with Crippen molar-refractivity contribution in [2.24, 2.45) is 22.7 Å². The third kappa shape index (κ3) is 1.63. The van der Waals surface area contributed by atoms with Gasteiger partial charge in [0.05, 0.1) is 0 Å². The third-order valence-electron chi connectivity index (χ3n) is 5.75. The average Bonchev–Trinajstić information content (AvgIpc) is 2.20. The number of hydrogen-bond acceptors (Lipinski definition) is 1. The first-order valence-corrected chi connectivity index (χ1v) is 6.92. The van der Waals surface area contributed by atoms with Crippen molar-refractivity contribution in [2.75, 3.05) is 0 Å². The molecule has 16 heavy (non-hydrogen) atoms. The summed E-state index contributed by atoms with van der Waals surface area (Å²) in [4.78, 5) is 12.2. The highest BCUT2D eigenvalue weighted by Gasteiger charge is 2.54. The number of rotatable bonds is 1. The Morgan fingerprint density at radius 1 is 1.25 bits per heavy atom. The SMILES string of the molecule is CC(C)[C@@H]1CC[C@@]2(C)C(=O)CCC[C@@]2(C)C1. The van der Waals surface area contributed by atoms with E-state index >= 15 is 0 Å². The molecule has 1 heteroatoms. The van der Waals surface area contributed by atoms with Crippen LogP contribution in [0.25, 0.3) is 0 Å². The van der Waals surface area contributed by atoms with Crippen LogP contribution in [0.5, 0.6) is 0 Å². The molecule has 2 aliphatic carbocycles. The van der Waals surface area contributed by atoms with Crippen molar-refractivity contribution in [3.63, 3.8) is 0 Å². The number of carbonyl (C=O) groups excluding carboxylic acids is 1. The van der Waals surface area contributed by atoms with Gasteiger partial charge < -0.3 is 0 Å². The van der Waals surface area contributed by atoms with Crippen LogP contribution in [0.15, 0.2) is 0 Å². The molecule has 1 nitrogen and oxygen atoms in total. The predicted octanol–water partition coefficient (Wildman–Crippen LogP) is 4.21. The van der Waals surface area contributed by atoms with Gasteiger partial charge in [0, 0.05) is 11.8 Å². The van der Waals surface area contributed by atoms with Gasteiger partial charge in [0.15, 0.2) is 0 Å². The van der Waals surface area contributed by atoms with Crippen molar-refractivity contribution in [3.05, 3.63) is 0 Å². The van der Waals surface area contributed by atoms with E-state index in [1.54, 1.807) is 0 Å². The molecule has 0 aliphatic heterocycles. The van der Waals surface area contributed by atoms with Gasteiger partial charge in [-0.25, -0.2) is 0 Å². The van der Waals surface area contributed by atoms with Crippen LogP contribution in [0.4, 0.5) is 0 Å². The van der Waals surface area contributed by atoms with E-state index in [4.69, 9.17) is 0 Å². The zero-order valence-corrected chi connectivity index (χ0v) is 11.3. The molecule has 0 aromatic carbocycles. The molecule has 0 bridgehead atoms. The molecule has 0 N–H and O–H groups in total. The van der Waals surface area contributed by atoms with E-state index in [1.165, 1.54) is 19.3 Å². The number of ketones is 1. The highest BCUT2D eigenvalue weighted by Crippen LogP contribution is 2.59. The lowest BCUT2D eigenvalue weighted by Crippen LogP contribution is -2.51. The first-order chi connectivity index (χ1) is 7.39. The Labute approximate surface area is 100.0 Å². The van der Waals surface area contributed by atoms with E-state index in [1.807, 2.05) is 0 Å². The first kappa shape index (κ1) is 12.1. The number of fused-ring (bicyclic) bond motifs is 1. The minimum atomic E-state index is -0.00333. The van der Waals surface area contributed by atoms with E-state index in [0.29, 0.717) is 5.78 Å². The smallest absolute Gasteiger partial charge is 0.139 e. The molecule has 0 radical (unpaired) electrons. The molecule has 0 heterocycles. The fraction of sp³-hybridized carbons (Fsp3) is 0.933. The Balaban J connectivity index is 2.24. The average molecular weight is 222 g/mol. The maximum atomic E-state index is 12.2. The van der Waals surface area contributed by atoms with Gasteiger partial charge in [-0.1, -0.05) is 27.7 Å². The van der Waals surface area contributed by atoms with Crippen LogP contribution in [0.3, 0.4) is 0 Å². The van der Waals surface area contributed by atoms with Gasteiger partial charge in [-0.2, -0.15) is 0 Å². The summed E-state index contributed by atoms with van der Waals surface area (Å²) in [5.74, 6) is 2.16. The number of hydrogen-bond donors (Lipinski definition) is 0. The fourth-order valence-electron chi connectivity index (χ4n) is 4.02. The molecule has 3 atom stereocenters. The van der Waals surface area contributed by atoms with Crippen LogP contribution in [0.1, 0.15) is 66.2 Å². The number of Topliss-reactive ketones (excluding diaryl/α,β-unsaturated/α-hetero) is 1. The second-order valence-corrected chi connectivity index (χ2v) is 6.92. The quantitative estimate of drug-likeness (QED) is 0.649. The Morgan fingerprint density at radius 3 is 2.56 bits per heavy atom. The van der Waals surface area contributed by atoms with Gasteiger partial charge >= 0.3 is 0 Å². The molecule has 0 unspecified atom stereocenters. The lowest BCUT2D eigenvalue weighted by molar-refractivity contribution is -0.147. The summed E-state index contributed by atoms with van der Waals surface area (Å²) in [5.41, 5.74) is 0.284. The van der Waals surface area contributed by atoms with Crippen LogP contribution >= 0.6 is 0 Å². The van der Waals surface area contributed by atoms with Crippen molar-refractivity contribution in [1.29, 1.82) is 0 Å². The second kappa shape index (κ2) is 3.85. The summed E-state index contributed by atoms with van der Waals surface area (Å²) >= 11 is 0. The van der Waals surface area contributed by atoms with Gasteiger partial charge in [-0.05, 0) is 49.4 Å².